The van der Waals surface area contributed by atoms with Crippen LogP contribution in [0.15, 0.2) is 59.5 Å². The fourth-order valence-electron chi connectivity index (χ4n) is 5.57. The number of aromatic nitrogens is 3. The van der Waals surface area contributed by atoms with Crippen LogP contribution in [-0.4, -0.2) is 40.2 Å². The van der Waals surface area contributed by atoms with Crippen molar-refractivity contribution in [2.75, 3.05) is 19.0 Å². The molecule has 1 N–H and O–H groups in total. The van der Waals surface area contributed by atoms with Gasteiger partial charge in [-0.3, -0.25) is 18.9 Å². The van der Waals surface area contributed by atoms with Crippen molar-refractivity contribution in [3.8, 4) is 11.8 Å². The largest absolute Gasteiger partial charge is 0.377 e. The number of hydrogen-bond acceptors (Lipinski definition) is 5. The number of rotatable bonds is 6. The summed E-state index contributed by atoms with van der Waals surface area (Å²) in [7, 11) is 3.77. The summed E-state index contributed by atoms with van der Waals surface area (Å²) < 4.78 is 3.50. The maximum absolute atomic E-state index is 13.9. The second kappa shape index (κ2) is 11.0. The number of aryl methyl sites for hydroxylation is 1. The van der Waals surface area contributed by atoms with Crippen molar-refractivity contribution < 1.29 is 4.79 Å². The second-order valence-electron chi connectivity index (χ2n) is 10.4. The number of carbonyl (C=O) groups excluding carboxylic acids is 1. The third kappa shape index (κ3) is 5.15. The molecule has 2 heterocycles. The number of halogens is 1. The molecule has 2 aromatic carbocycles. The van der Waals surface area contributed by atoms with Gasteiger partial charge in [0.15, 0.2) is 0 Å². The van der Waals surface area contributed by atoms with Crippen LogP contribution >= 0.6 is 11.6 Å². The third-order valence-electron chi connectivity index (χ3n) is 7.61. The summed E-state index contributed by atoms with van der Waals surface area (Å²) in [4.78, 5) is 32.8. The van der Waals surface area contributed by atoms with Crippen molar-refractivity contribution in [2.45, 2.75) is 45.2 Å². The molecule has 1 aliphatic carbocycles. The minimum atomic E-state index is -0.154. The van der Waals surface area contributed by atoms with Crippen LogP contribution in [0.5, 0.6) is 0 Å². The summed E-state index contributed by atoms with van der Waals surface area (Å²) in [5.74, 6) is 0.145. The molecular weight excluding hydrogens is 512 g/mol. The number of fused-ring (bicyclic) bond motifs is 1. The Morgan fingerprint density at radius 1 is 1.13 bits per heavy atom. The normalized spacial score (nSPS) is 17.1. The van der Waals surface area contributed by atoms with E-state index in [2.05, 4.69) is 16.4 Å². The SMILES string of the molecule is Cc1ncc(Cl)cc1C(=O)N[C@H]1CC[C@H](Cn2c(=O)n(-c3cccc(N(C)C)c3C#N)c3ccccc32)CC1. The number of hydrogen-bond donors (Lipinski definition) is 1. The number of anilines is 1. The molecule has 39 heavy (non-hydrogen) atoms. The number of nitriles is 1. The van der Waals surface area contributed by atoms with Crippen molar-refractivity contribution in [3.05, 3.63) is 87.1 Å². The van der Waals surface area contributed by atoms with E-state index >= 15 is 0 Å². The van der Waals surface area contributed by atoms with Gasteiger partial charge in [0.1, 0.15) is 6.07 Å². The highest BCUT2D eigenvalue weighted by molar-refractivity contribution is 6.30. The minimum Gasteiger partial charge on any atom is -0.377 e. The Morgan fingerprint density at radius 2 is 1.85 bits per heavy atom. The fraction of sp³-hybridized carbons (Fsp3) is 0.333. The summed E-state index contributed by atoms with van der Waals surface area (Å²) in [5.41, 5.74) is 4.44. The first-order valence-electron chi connectivity index (χ1n) is 13.1. The average Bonchev–Trinajstić information content (AvgIpc) is 3.21. The molecule has 0 unspecified atom stereocenters. The highest BCUT2D eigenvalue weighted by Crippen LogP contribution is 2.30. The van der Waals surface area contributed by atoms with Gasteiger partial charge in [0.2, 0.25) is 0 Å². The number of carbonyl (C=O) groups is 1. The van der Waals surface area contributed by atoms with Gasteiger partial charge in [0.25, 0.3) is 5.91 Å². The molecule has 2 aromatic heterocycles. The van der Waals surface area contributed by atoms with Crippen LogP contribution in [0, 0.1) is 24.2 Å². The highest BCUT2D eigenvalue weighted by atomic mass is 35.5. The Kier molecular flexibility index (Phi) is 7.45. The molecule has 1 aliphatic rings. The molecule has 1 fully saturated rings. The van der Waals surface area contributed by atoms with E-state index < -0.39 is 0 Å². The zero-order chi connectivity index (χ0) is 27.7. The van der Waals surface area contributed by atoms with E-state index in [0.29, 0.717) is 40.0 Å². The number of amides is 1. The molecule has 0 atom stereocenters. The summed E-state index contributed by atoms with van der Waals surface area (Å²) in [6.07, 6.45) is 4.99. The zero-order valence-electron chi connectivity index (χ0n) is 22.3. The number of nitrogens with one attached hydrogen (secondary N) is 1. The Labute approximate surface area is 232 Å². The number of benzene rings is 2. The molecule has 1 amide bonds. The molecule has 9 heteroatoms. The third-order valence-corrected chi connectivity index (χ3v) is 7.82. The quantitative estimate of drug-likeness (QED) is 0.367. The van der Waals surface area contributed by atoms with Crippen molar-refractivity contribution in [3.63, 3.8) is 0 Å². The van der Waals surface area contributed by atoms with Crippen molar-refractivity contribution in [1.29, 1.82) is 5.26 Å². The van der Waals surface area contributed by atoms with Gasteiger partial charge < -0.3 is 10.2 Å². The molecule has 0 aliphatic heterocycles. The maximum atomic E-state index is 13.9. The number of pyridine rings is 1. The molecule has 5 rings (SSSR count). The van der Waals surface area contributed by atoms with Gasteiger partial charge in [-0.25, -0.2) is 4.79 Å². The molecule has 0 saturated heterocycles. The first-order valence-corrected chi connectivity index (χ1v) is 13.5. The fourth-order valence-corrected chi connectivity index (χ4v) is 5.73. The van der Waals surface area contributed by atoms with Crippen LogP contribution in [0.25, 0.3) is 16.7 Å². The van der Waals surface area contributed by atoms with Crippen molar-refractivity contribution in [1.82, 2.24) is 19.4 Å². The minimum absolute atomic E-state index is 0.0668. The van der Waals surface area contributed by atoms with Crippen LogP contribution in [-0.2, 0) is 6.54 Å². The van der Waals surface area contributed by atoms with Crippen molar-refractivity contribution in [2.24, 2.45) is 5.92 Å². The van der Waals surface area contributed by atoms with Gasteiger partial charge in [-0.15, -0.1) is 0 Å². The zero-order valence-corrected chi connectivity index (χ0v) is 23.1. The lowest BCUT2D eigenvalue weighted by atomic mass is 9.85. The molecule has 0 spiro atoms. The Morgan fingerprint density at radius 3 is 2.54 bits per heavy atom. The molecule has 0 radical (unpaired) electrons. The Hall–Kier alpha value is -4.09. The van der Waals surface area contributed by atoms with Gasteiger partial charge in [0, 0.05) is 32.9 Å². The van der Waals surface area contributed by atoms with Crippen molar-refractivity contribution >= 4 is 34.2 Å². The molecule has 4 aromatic rings. The maximum Gasteiger partial charge on any atom is 0.333 e. The summed E-state index contributed by atoms with van der Waals surface area (Å²) in [6, 6.07) is 17.3. The second-order valence-corrected chi connectivity index (χ2v) is 10.8. The molecule has 0 bridgehead atoms. The summed E-state index contributed by atoms with van der Waals surface area (Å²) in [6.45, 7) is 2.38. The average molecular weight is 543 g/mol. The standard InChI is InChI=1S/C30H31ClN6O2/c1-19-23(15-21(31)17-33-19)29(38)34-22-13-11-20(12-14-22)18-36-27-7-4-5-8-28(27)37(30(36)39)26-10-6-9-25(35(2)3)24(26)16-32/h4-10,15,17,20,22H,11-14,18H2,1-3H3,(H,34,38)/t20-,22-. The topological polar surface area (TPSA) is 95.9 Å². The summed E-state index contributed by atoms with van der Waals surface area (Å²) in [5, 5.41) is 13.6. The lowest BCUT2D eigenvalue weighted by Crippen LogP contribution is -2.39. The van der Waals surface area contributed by atoms with E-state index in [1.165, 1.54) is 6.20 Å². The van der Waals surface area contributed by atoms with Gasteiger partial charge in [-0.2, -0.15) is 5.26 Å². The first kappa shape index (κ1) is 26.5. The van der Waals surface area contributed by atoms with E-state index in [1.807, 2.05) is 66.0 Å². The predicted molar refractivity (Wildman–Crippen MR) is 154 cm³/mol. The predicted octanol–water partition coefficient (Wildman–Crippen LogP) is 5.08. The van der Waals surface area contributed by atoms with Crippen LogP contribution in [0.4, 0.5) is 5.69 Å². The molecular formula is C30H31ClN6O2. The molecule has 8 nitrogen and oxygen atoms in total. The van der Waals surface area contributed by atoms with E-state index in [9.17, 15) is 14.9 Å². The van der Waals surface area contributed by atoms with Crippen LogP contribution in [0.2, 0.25) is 5.02 Å². The number of nitrogens with zero attached hydrogens (tertiary/aromatic N) is 5. The first-order chi connectivity index (χ1) is 18.8. The van der Waals surface area contributed by atoms with Gasteiger partial charge >= 0.3 is 5.69 Å². The van der Waals surface area contributed by atoms with E-state index in [4.69, 9.17) is 11.6 Å². The van der Waals surface area contributed by atoms with Crippen LogP contribution in [0.1, 0.15) is 47.3 Å². The summed E-state index contributed by atoms with van der Waals surface area (Å²) >= 11 is 6.04. The monoisotopic (exact) mass is 542 g/mol. The van der Waals surface area contributed by atoms with E-state index in [1.54, 1.807) is 17.6 Å². The highest BCUT2D eigenvalue weighted by Gasteiger charge is 2.26. The Balaban J connectivity index is 1.37. The lowest BCUT2D eigenvalue weighted by molar-refractivity contribution is 0.0919. The number of para-hydroxylation sites is 2. The molecule has 1 saturated carbocycles. The van der Waals surface area contributed by atoms with Crippen LogP contribution in [0.3, 0.4) is 0 Å². The lowest BCUT2D eigenvalue weighted by Gasteiger charge is -2.29. The Bertz CT molecular complexity index is 1640. The van der Waals surface area contributed by atoms with Gasteiger partial charge in [-0.05, 0) is 68.9 Å². The number of imidazole rings is 1. The van der Waals surface area contributed by atoms with Gasteiger partial charge in [-0.1, -0.05) is 29.8 Å². The van der Waals surface area contributed by atoms with Gasteiger partial charge in [0.05, 0.1) is 44.3 Å². The smallest absolute Gasteiger partial charge is 0.333 e. The van der Waals surface area contributed by atoms with E-state index in [0.717, 1.165) is 42.4 Å². The van der Waals surface area contributed by atoms with Crippen LogP contribution < -0.4 is 15.9 Å². The van der Waals surface area contributed by atoms with E-state index in [-0.39, 0.29) is 17.6 Å². The molecule has 200 valence electrons.